The maximum absolute atomic E-state index is 12.3. The smallest absolute Gasteiger partial charge is 0.236 e. The molecule has 0 bridgehead atoms. The van der Waals surface area contributed by atoms with Gasteiger partial charge in [-0.2, -0.15) is 0 Å². The van der Waals surface area contributed by atoms with Gasteiger partial charge in [-0.3, -0.25) is 4.79 Å². The maximum atomic E-state index is 12.3. The minimum absolute atomic E-state index is 0.0982. The number of thiazole rings is 1. The van der Waals surface area contributed by atoms with E-state index in [4.69, 9.17) is 14.2 Å². The van der Waals surface area contributed by atoms with Gasteiger partial charge < -0.3 is 19.5 Å². The number of nitrogens with one attached hydrogen (secondary N) is 1. The Morgan fingerprint density at radius 1 is 1.22 bits per heavy atom. The Balaban J connectivity index is 1.37. The lowest BCUT2D eigenvalue weighted by Gasteiger charge is -2.18. The first-order valence-electron chi connectivity index (χ1n) is 8.57. The Labute approximate surface area is 164 Å². The molecular formula is C19H18N2O4S2. The fourth-order valence-electron chi connectivity index (χ4n) is 2.63. The molecule has 3 aromatic rings. The molecule has 2 aromatic carbocycles. The van der Waals surface area contributed by atoms with Crippen LogP contribution in [0.1, 0.15) is 6.92 Å². The number of hydrogen-bond acceptors (Lipinski definition) is 7. The van der Waals surface area contributed by atoms with Crippen LogP contribution in [0, 0.1) is 0 Å². The van der Waals surface area contributed by atoms with Gasteiger partial charge >= 0.3 is 0 Å². The van der Waals surface area contributed by atoms with Gasteiger partial charge in [0.15, 0.2) is 16.6 Å². The Hall–Kier alpha value is -2.45. The standard InChI is InChI=1S/C19H18N2O4S2/c1-2-23-12-3-5-14-17(9-12)27-19(20-14)21-18(22)11-26-13-4-6-15-16(10-13)25-8-7-24-15/h3-6,9-10H,2,7-8,11H2,1H3,(H,20,21,22). The number of thioether (sulfide) groups is 1. The molecule has 8 heteroatoms. The molecule has 1 N–H and O–H groups in total. The van der Waals surface area contributed by atoms with Crippen molar-refractivity contribution in [2.75, 3.05) is 30.9 Å². The van der Waals surface area contributed by atoms with E-state index in [2.05, 4.69) is 10.3 Å². The summed E-state index contributed by atoms with van der Waals surface area (Å²) in [5.74, 6) is 2.47. The van der Waals surface area contributed by atoms with E-state index in [1.54, 1.807) is 0 Å². The largest absolute Gasteiger partial charge is 0.494 e. The predicted octanol–water partition coefficient (Wildman–Crippen LogP) is 4.20. The minimum atomic E-state index is -0.0982. The zero-order valence-electron chi connectivity index (χ0n) is 14.7. The summed E-state index contributed by atoms with van der Waals surface area (Å²) < 4.78 is 17.6. The highest BCUT2D eigenvalue weighted by molar-refractivity contribution is 8.00. The van der Waals surface area contributed by atoms with Crippen molar-refractivity contribution in [3.8, 4) is 17.2 Å². The average Bonchev–Trinajstić information content (AvgIpc) is 3.08. The van der Waals surface area contributed by atoms with E-state index in [1.165, 1.54) is 23.1 Å². The number of fused-ring (bicyclic) bond motifs is 2. The van der Waals surface area contributed by atoms with Crippen LogP contribution < -0.4 is 19.5 Å². The van der Waals surface area contributed by atoms with E-state index >= 15 is 0 Å². The molecule has 0 fully saturated rings. The second-order valence-corrected chi connectivity index (χ2v) is 7.80. The molecule has 0 saturated heterocycles. The topological polar surface area (TPSA) is 69.7 Å². The Morgan fingerprint density at radius 3 is 2.93 bits per heavy atom. The van der Waals surface area contributed by atoms with Gasteiger partial charge in [0.05, 0.1) is 22.6 Å². The number of benzene rings is 2. The summed E-state index contributed by atoms with van der Waals surface area (Å²) in [6.45, 7) is 3.67. The van der Waals surface area contributed by atoms with Crippen LogP contribution in [0.4, 0.5) is 5.13 Å². The number of carbonyl (C=O) groups is 1. The molecule has 0 aliphatic carbocycles. The van der Waals surface area contributed by atoms with Gasteiger partial charge in [0.2, 0.25) is 5.91 Å². The van der Waals surface area contributed by atoms with Crippen molar-refractivity contribution in [1.82, 2.24) is 4.98 Å². The second-order valence-electron chi connectivity index (χ2n) is 5.72. The monoisotopic (exact) mass is 402 g/mol. The van der Waals surface area contributed by atoms with Crippen molar-refractivity contribution in [2.45, 2.75) is 11.8 Å². The molecule has 140 valence electrons. The summed E-state index contributed by atoms with van der Waals surface area (Å²) in [5, 5.41) is 3.46. The zero-order chi connectivity index (χ0) is 18.6. The molecule has 1 amide bonds. The van der Waals surface area contributed by atoms with E-state index in [0.717, 1.165) is 32.4 Å². The number of ether oxygens (including phenoxy) is 3. The summed E-state index contributed by atoms with van der Waals surface area (Å²) in [5.41, 5.74) is 0.846. The van der Waals surface area contributed by atoms with Gasteiger partial charge in [0.25, 0.3) is 0 Å². The van der Waals surface area contributed by atoms with E-state index in [0.29, 0.717) is 30.7 Å². The van der Waals surface area contributed by atoms with E-state index in [-0.39, 0.29) is 5.91 Å². The summed E-state index contributed by atoms with van der Waals surface area (Å²) >= 11 is 2.88. The van der Waals surface area contributed by atoms with Crippen molar-refractivity contribution in [3.05, 3.63) is 36.4 Å². The van der Waals surface area contributed by atoms with Crippen molar-refractivity contribution in [2.24, 2.45) is 0 Å². The fraction of sp³-hybridized carbons (Fsp3) is 0.263. The number of aromatic nitrogens is 1. The number of anilines is 1. The highest BCUT2D eigenvalue weighted by atomic mass is 32.2. The molecule has 0 unspecified atom stereocenters. The normalized spacial score (nSPS) is 12.8. The van der Waals surface area contributed by atoms with Crippen molar-refractivity contribution in [3.63, 3.8) is 0 Å². The minimum Gasteiger partial charge on any atom is -0.494 e. The molecule has 6 nitrogen and oxygen atoms in total. The fourth-order valence-corrected chi connectivity index (χ4v) is 4.27. The molecule has 2 heterocycles. The van der Waals surface area contributed by atoms with Gasteiger partial charge in [0.1, 0.15) is 19.0 Å². The molecular weight excluding hydrogens is 384 g/mol. The van der Waals surface area contributed by atoms with Crippen LogP contribution in [0.3, 0.4) is 0 Å². The highest BCUT2D eigenvalue weighted by Gasteiger charge is 2.13. The number of amides is 1. The number of rotatable bonds is 6. The first kappa shape index (κ1) is 17.9. The van der Waals surface area contributed by atoms with Crippen LogP contribution in [0.2, 0.25) is 0 Å². The summed E-state index contributed by atoms with van der Waals surface area (Å²) in [6.07, 6.45) is 0. The third-order valence-electron chi connectivity index (χ3n) is 3.80. The first-order chi connectivity index (χ1) is 13.2. The predicted molar refractivity (Wildman–Crippen MR) is 108 cm³/mol. The van der Waals surface area contributed by atoms with E-state index < -0.39 is 0 Å². The lowest BCUT2D eigenvalue weighted by atomic mass is 10.3. The Morgan fingerprint density at radius 2 is 2.07 bits per heavy atom. The number of carbonyl (C=O) groups excluding carboxylic acids is 1. The molecule has 1 aliphatic heterocycles. The number of hydrogen-bond donors (Lipinski definition) is 1. The van der Waals surface area contributed by atoms with Gasteiger partial charge in [0, 0.05) is 4.90 Å². The van der Waals surface area contributed by atoms with Crippen molar-refractivity contribution < 1.29 is 19.0 Å². The molecule has 27 heavy (non-hydrogen) atoms. The van der Waals surface area contributed by atoms with Crippen LogP contribution in [-0.4, -0.2) is 36.5 Å². The molecule has 0 saturated carbocycles. The van der Waals surface area contributed by atoms with Gasteiger partial charge in [-0.1, -0.05) is 11.3 Å². The maximum Gasteiger partial charge on any atom is 0.236 e. The molecule has 4 rings (SSSR count). The Bertz CT molecular complexity index is 973. The molecule has 1 aliphatic rings. The molecule has 0 radical (unpaired) electrons. The van der Waals surface area contributed by atoms with Crippen LogP contribution >= 0.6 is 23.1 Å². The summed E-state index contributed by atoms with van der Waals surface area (Å²) in [4.78, 5) is 17.7. The van der Waals surface area contributed by atoms with Gasteiger partial charge in [-0.15, -0.1) is 11.8 Å². The first-order valence-corrected chi connectivity index (χ1v) is 10.4. The van der Waals surface area contributed by atoms with Gasteiger partial charge in [-0.25, -0.2) is 4.98 Å². The molecule has 1 aromatic heterocycles. The van der Waals surface area contributed by atoms with Crippen LogP contribution in [0.5, 0.6) is 17.2 Å². The van der Waals surface area contributed by atoms with Crippen LogP contribution in [0.15, 0.2) is 41.3 Å². The lowest BCUT2D eigenvalue weighted by Crippen LogP contribution is -2.15. The third kappa shape index (κ3) is 4.28. The molecule has 0 atom stereocenters. The Kier molecular flexibility index (Phi) is 5.35. The van der Waals surface area contributed by atoms with Gasteiger partial charge in [-0.05, 0) is 43.3 Å². The summed E-state index contributed by atoms with van der Waals surface area (Å²) in [7, 11) is 0. The van der Waals surface area contributed by atoms with Crippen molar-refractivity contribution >= 4 is 44.4 Å². The SMILES string of the molecule is CCOc1ccc2nc(NC(=O)CSc3ccc4c(c3)OCCO4)sc2c1. The van der Waals surface area contributed by atoms with E-state index in [9.17, 15) is 4.79 Å². The second kappa shape index (κ2) is 8.06. The van der Waals surface area contributed by atoms with Crippen LogP contribution in [0.25, 0.3) is 10.2 Å². The summed E-state index contributed by atoms with van der Waals surface area (Å²) in [6, 6.07) is 11.4. The third-order valence-corrected chi connectivity index (χ3v) is 5.73. The zero-order valence-corrected chi connectivity index (χ0v) is 16.3. The van der Waals surface area contributed by atoms with Crippen molar-refractivity contribution in [1.29, 1.82) is 0 Å². The average molecular weight is 402 g/mol. The quantitative estimate of drug-likeness (QED) is 0.623. The molecule has 0 spiro atoms. The highest BCUT2D eigenvalue weighted by Crippen LogP contribution is 2.34. The lowest BCUT2D eigenvalue weighted by molar-refractivity contribution is -0.113. The number of nitrogens with zero attached hydrogens (tertiary/aromatic N) is 1. The van der Waals surface area contributed by atoms with E-state index in [1.807, 2.05) is 43.3 Å². The van der Waals surface area contributed by atoms with Crippen LogP contribution in [-0.2, 0) is 4.79 Å².